The van der Waals surface area contributed by atoms with Crippen LogP contribution >= 0.6 is 22.9 Å². The summed E-state index contributed by atoms with van der Waals surface area (Å²) in [6.07, 6.45) is 4.08. The van der Waals surface area contributed by atoms with Gasteiger partial charge in [-0.1, -0.05) is 29.8 Å². The van der Waals surface area contributed by atoms with Crippen molar-refractivity contribution in [3.8, 4) is 10.4 Å². The molecule has 0 saturated carbocycles. The van der Waals surface area contributed by atoms with Gasteiger partial charge in [0.2, 0.25) is 0 Å². The van der Waals surface area contributed by atoms with Gasteiger partial charge in [-0.05, 0) is 31.4 Å². The molecule has 2 aliphatic heterocycles. The Balaban J connectivity index is 1.46. The van der Waals surface area contributed by atoms with Crippen LogP contribution in [0.4, 0.5) is 0 Å². The Hall–Kier alpha value is -1.43. The number of halogens is 1. The summed E-state index contributed by atoms with van der Waals surface area (Å²) in [5.41, 5.74) is 0.924. The molecule has 0 spiro atoms. The van der Waals surface area contributed by atoms with Crippen molar-refractivity contribution in [1.82, 2.24) is 15.2 Å². The van der Waals surface area contributed by atoms with Crippen molar-refractivity contribution in [2.45, 2.75) is 18.9 Å². The highest BCUT2D eigenvalue weighted by atomic mass is 35.5. The Morgan fingerprint density at radius 3 is 3.04 bits per heavy atom. The molecule has 0 radical (unpaired) electrons. The number of hydrogen-bond acceptors (Lipinski definition) is 4. The quantitative estimate of drug-likeness (QED) is 0.926. The molecular formula is C17H18ClN3OS. The lowest BCUT2D eigenvalue weighted by Gasteiger charge is -2.30. The highest BCUT2D eigenvalue weighted by molar-refractivity contribution is 7.17. The Kier molecular flexibility index (Phi) is 4.09. The fraction of sp³-hybridized carbons (Fsp3) is 0.412. The van der Waals surface area contributed by atoms with Gasteiger partial charge in [-0.25, -0.2) is 4.98 Å². The minimum absolute atomic E-state index is 0.0687. The molecule has 3 heterocycles. The number of fused-ring (bicyclic) bond motifs is 2. The Labute approximate surface area is 144 Å². The van der Waals surface area contributed by atoms with Gasteiger partial charge >= 0.3 is 0 Å². The van der Waals surface area contributed by atoms with E-state index in [1.807, 2.05) is 24.3 Å². The minimum atomic E-state index is -0.0687. The van der Waals surface area contributed by atoms with Crippen molar-refractivity contribution in [3.63, 3.8) is 0 Å². The molecule has 0 aliphatic carbocycles. The fourth-order valence-electron chi connectivity index (χ4n) is 3.58. The lowest BCUT2D eigenvalue weighted by atomic mass is 9.97. The van der Waals surface area contributed by atoms with Crippen LogP contribution in [0.25, 0.3) is 10.4 Å². The molecule has 2 fully saturated rings. The Morgan fingerprint density at radius 1 is 1.35 bits per heavy atom. The zero-order valence-electron chi connectivity index (χ0n) is 12.7. The highest BCUT2D eigenvalue weighted by Crippen LogP contribution is 2.32. The monoisotopic (exact) mass is 347 g/mol. The van der Waals surface area contributed by atoms with Crippen LogP contribution in [-0.2, 0) is 0 Å². The number of piperidine rings is 1. The predicted molar refractivity (Wildman–Crippen MR) is 93.0 cm³/mol. The molecule has 3 atom stereocenters. The molecule has 120 valence electrons. The molecule has 2 aliphatic rings. The summed E-state index contributed by atoms with van der Waals surface area (Å²) in [4.78, 5) is 20.1. The Bertz CT molecular complexity index is 720. The maximum atomic E-state index is 12.5. The molecule has 1 amide bonds. The van der Waals surface area contributed by atoms with E-state index in [2.05, 4.69) is 15.2 Å². The van der Waals surface area contributed by atoms with Crippen molar-refractivity contribution in [2.75, 3.05) is 19.6 Å². The first-order valence-electron chi connectivity index (χ1n) is 7.93. The van der Waals surface area contributed by atoms with Crippen molar-refractivity contribution < 1.29 is 4.79 Å². The van der Waals surface area contributed by atoms with Crippen LogP contribution in [-0.4, -0.2) is 41.5 Å². The Morgan fingerprint density at radius 2 is 2.22 bits per heavy atom. The summed E-state index contributed by atoms with van der Waals surface area (Å²) in [6.45, 7) is 3.33. The zero-order valence-corrected chi connectivity index (χ0v) is 14.2. The molecule has 4 nitrogen and oxygen atoms in total. The van der Waals surface area contributed by atoms with Gasteiger partial charge in [0.25, 0.3) is 5.91 Å². The average Bonchev–Trinajstić information content (AvgIpc) is 3.15. The van der Waals surface area contributed by atoms with Crippen molar-refractivity contribution >= 4 is 28.8 Å². The fourth-order valence-corrected chi connectivity index (χ4v) is 4.73. The van der Waals surface area contributed by atoms with E-state index in [1.165, 1.54) is 30.8 Å². The number of hydrogen-bond donors (Lipinski definition) is 1. The zero-order chi connectivity index (χ0) is 15.8. The summed E-state index contributed by atoms with van der Waals surface area (Å²) in [5.74, 6) is 0.671. The van der Waals surface area contributed by atoms with Gasteiger partial charge in [0.05, 0.1) is 4.88 Å². The van der Waals surface area contributed by atoms with E-state index in [1.54, 1.807) is 6.20 Å². The molecule has 1 unspecified atom stereocenters. The average molecular weight is 348 g/mol. The third kappa shape index (κ3) is 3.13. The van der Waals surface area contributed by atoms with Gasteiger partial charge in [0.15, 0.2) is 5.01 Å². The summed E-state index contributed by atoms with van der Waals surface area (Å²) >= 11 is 7.61. The number of nitrogens with one attached hydrogen (secondary N) is 1. The number of benzene rings is 1. The van der Waals surface area contributed by atoms with Gasteiger partial charge in [-0.15, -0.1) is 11.3 Å². The van der Waals surface area contributed by atoms with Gasteiger partial charge in [-0.3, -0.25) is 4.79 Å². The van der Waals surface area contributed by atoms with Gasteiger partial charge in [-0.2, -0.15) is 0 Å². The number of rotatable bonds is 3. The predicted octanol–water partition coefficient (Wildman–Crippen LogP) is 3.29. The number of aromatic nitrogens is 1. The highest BCUT2D eigenvalue weighted by Gasteiger charge is 2.33. The van der Waals surface area contributed by atoms with Crippen LogP contribution in [0.1, 0.15) is 22.6 Å². The summed E-state index contributed by atoms with van der Waals surface area (Å²) < 4.78 is 0. The molecule has 2 aromatic rings. The maximum absolute atomic E-state index is 12.5. The molecule has 1 aromatic heterocycles. The maximum Gasteiger partial charge on any atom is 0.280 e. The molecule has 1 N–H and O–H groups in total. The smallest absolute Gasteiger partial charge is 0.280 e. The van der Waals surface area contributed by atoms with E-state index in [4.69, 9.17) is 11.6 Å². The molecule has 2 bridgehead atoms. The van der Waals surface area contributed by atoms with E-state index >= 15 is 0 Å². The second kappa shape index (κ2) is 6.23. The normalized spacial score (nSPS) is 26.2. The molecule has 4 rings (SSSR count). The van der Waals surface area contributed by atoms with E-state index in [-0.39, 0.29) is 11.9 Å². The van der Waals surface area contributed by atoms with Crippen molar-refractivity contribution in [2.24, 2.45) is 5.92 Å². The van der Waals surface area contributed by atoms with Crippen molar-refractivity contribution in [1.29, 1.82) is 0 Å². The van der Waals surface area contributed by atoms with Crippen LogP contribution in [0.15, 0.2) is 30.5 Å². The molecule has 2 saturated heterocycles. The molecular weight excluding hydrogens is 330 g/mol. The van der Waals surface area contributed by atoms with E-state index in [0.717, 1.165) is 29.3 Å². The second-order valence-electron chi connectivity index (χ2n) is 6.33. The lowest BCUT2D eigenvalue weighted by molar-refractivity contribution is 0.0909. The number of carbonyl (C=O) groups excluding carboxylic acids is 1. The lowest BCUT2D eigenvalue weighted by Crippen LogP contribution is -2.46. The van der Waals surface area contributed by atoms with Crippen LogP contribution in [0.5, 0.6) is 0 Å². The van der Waals surface area contributed by atoms with Crippen LogP contribution in [0.2, 0.25) is 5.02 Å². The van der Waals surface area contributed by atoms with Crippen LogP contribution < -0.4 is 5.32 Å². The second-order valence-corrected chi connectivity index (χ2v) is 7.77. The first-order valence-corrected chi connectivity index (χ1v) is 9.12. The van der Waals surface area contributed by atoms with E-state index in [9.17, 15) is 4.79 Å². The summed E-state index contributed by atoms with van der Waals surface area (Å²) in [7, 11) is 0. The number of amides is 1. The minimum Gasteiger partial charge on any atom is -0.346 e. The van der Waals surface area contributed by atoms with Crippen LogP contribution in [0.3, 0.4) is 0 Å². The summed E-state index contributed by atoms with van der Waals surface area (Å²) in [5, 5.41) is 4.34. The first-order chi connectivity index (χ1) is 11.2. The molecule has 6 heteroatoms. The van der Waals surface area contributed by atoms with E-state index in [0.29, 0.717) is 10.0 Å². The van der Waals surface area contributed by atoms with Gasteiger partial charge in [0.1, 0.15) is 0 Å². The first kappa shape index (κ1) is 15.1. The number of carbonyl (C=O) groups is 1. The largest absolute Gasteiger partial charge is 0.346 e. The molecule has 23 heavy (non-hydrogen) atoms. The SMILES string of the molecule is O=C(N[C@H]1C[C@H]2CCN(C2)C1)c1ncc(-c2ccccc2Cl)s1. The third-order valence-electron chi connectivity index (χ3n) is 4.64. The van der Waals surface area contributed by atoms with Gasteiger partial charge in [0, 0.05) is 35.9 Å². The van der Waals surface area contributed by atoms with Gasteiger partial charge < -0.3 is 10.2 Å². The van der Waals surface area contributed by atoms with Crippen LogP contribution in [0, 0.1) is 5.92 Å². The topological polar surface area (TPSA) is 45.2 Å². The summed E-state index contributed by atoms with van der Waals surface area (Å²) in [6, 6.07) is 7.88. The standard InChI is InChI=1S/C17H18ClN3OS/c18-14-4-2-1-3-13(14)15-8-19-17(23-15)16(22)20-12-7-11-5-6-21(9-11)10-12/h1-4,8,11-12H,5-7,9-10H2,(H,20,22)/t11-,12+/m1/s1. The molecule has 1 aromatic carbocycles. The van der Waals surface area contributed by atoms with E-state index < -0.39 is 0 Å². The van der Waals surface area contributed by atoms with Crippen molar-refractivity contribution in [3.05, 3.63) is 40.5 Å². The number of nitrogens with zero attached hydrogens (tertiary/aromatic N) is 2. The number of thiazole rings is 1. The third-order valence-corrected chi connectivity index (χ3v) is 6.00.